The van der Waals surface area contributed by atoms with Crippen LogP contribution in [0.25, 0.3) is 0 Å². The van der Waals surface area contributed by atoms with E-state index < -0.39 is 39.2 Å². The zero-order chi connectivity index (χ0) is 15.3. The average molecular weight is 309 g/mol. The summed E-state index contributed by atoms with van der Waals surface area (Å²) in [5.74, 6) is -2.80. The summed E-state index contributed by atoms with van der Waals surface area (Å²) in [6.07, 6.45) is 0. The van der Waals surface area contributed by atoms with Crippen LogP contribution in [0, 0.1) is 11.6 Å². The highest BCUT2D eigenvalue weighted by Gasteiger charge is 2.24. The molecule has 0 bridgehead atoms. The van der Waals surface area contributed by atoms with Crippen molar-refractivity contribution in [3.05, 3.63) is 29.3 Å². The lowest BCUT2D eigenvalue weighted by molar-refractivity contribution is 0.133. The molecule has 20 heavy (non-hydrogen) atoms. The van der Waals surface area contributed by atoms with Gasteiger partial charge in [-0.1, -0.05) is 0 Å². The van der Waals surface area contributed by atoms with Gasteiger partial charge in [0.05, 0.1) is 13.2 Å². The van der Waals surface area contributed by atoms with Gasteiger partial charge in [-0.25, -0.2) is 21.9 Å². The van der Waals surface area contributed by atoms with E-state index in [2.05, 4.69) is 4.72 Å². The van der Waals surface area contributed by atoms with Crippen LogP contribution in [0.4, 0.5) is 8.78 Å². The SMILES string of the molecule is CCOCC(C)NS(=O)(=O)c1cc(CO)cc(F)c1F. The number of hydrogen-bond donors (Lipinski definition) is 2. The van der Waals surface area contributed by atoms with Gasteiger partial charge >= 0.3 is 0 Å². The Morgan fingerprint density at radius 1 is 1.40 bits per heavy atom. The second-order valence-electron chi connectivity index (χ2n) is 4.23. The second kappa shape index (κ2) is 7.07. The van der Waals surface area contributed by atoms with Gasteiger partial charge in [0.1, 0.15) is 4.90 Å². The maximum atomic E-state index is 13.6. The van der Waals surface area contributed by atoms with Crippen LogP contribution < -0.4 is 4.72 Å². The summed E-state index contributed by atoms with van der Waals surface area (Å²) < 4.78 is 58.1. The van der Waals surface area contributed by atoms with Crippen molar-refractivity contribution >= 4 is 10.0 Å². The van der Waals surface area contributed by atoms with Crippen LogP contribution in [0.15, 0.2) is 17.0 Å². The molecule has 1 rings (SSSR count). The summed E-state index contributed by atoms with van der Waals surface area (Å²) in [4.78, 5) is -0.829. The fourth-order valence-corrected chi connectivity index (χ4v) is 2.93. The van der Waals surface area contributed by atoms with E-state index in [9.17, 15) is 17.2 Å². The highest BCUT2D eigenvalue weighted by atomic mass is 32.2. The molecule has 0 saturated carbocycles. The Hall–Kier alpha value is -1.09. The first-order valence-electron chi connectivity index (χ1n) is 6.00. The van der Waals surface area contributed by atoms with Crippen LogP contribution >= 0.6 is 0 Å². The molecule has 0 amide bonds. The highest BCUT2D eigenvalue weighted by molar-refractivity contribution is 7.89. The summed E-state index contributed by atoms with van der Waals surface area (Å²) in [7, 11) is -4.23. The standard InChI is InChI=1S/C12H17F2NO4S/c1-3-19-7-8(2)15-20(17,18)11-5-9(6-16)4-10(13)12(11)14/h4-5,8,15-16H,3,6-7H2,1-2H3. The van der Waals surface area contributed by atoms with E-state index in [1.165, 1.54) is 6.92 Å². The van der Waals surface area contributed by atoms with Crippen LogP contribution in [-0.2, 0) is 21.4 Å². The lowest BCUT2D eigenvalue weighted by Gasteiger charge is -2.15. The molecular weight excluding hydrogens is 292 g/mol. The molecule has 5 nitrogen and oxygen atoms in total. The Bertz CT molecular complexity index is 563. The Morgan fingerprint density at radius 3 is 2.60 bits per heavy atom. The summed E-state index contributed by atoms with van der Waals surface area (Å²) in [5, 5.41) is 8.92. The first-order chi connectivity index (χ1) is 9.31. The summed E-state index contributed by atoms with van der Waals surface area (Å²) in [6.45, 7) is 3.22. The molecule has 0 aliphatic heterocycles. The van der Waals surface area contributed by atoms with Gasteiger partial charge in [0.15, 0.2) is 11.6 Å². The molecule has 0 spiro atoms. The molecular formula is C12H17F2NO4S. The van der Waals surface area contributed by atoms with Crippen LogP contribution in [0.3, 0.4) is 0 Å². The van der Waals surface area contributed by atoms with E-state index in [1.807, 2.05) is 0 Å². The third-order valence-electron chi connectivity index (χ3n) is 2.46. The maximum absolute atomic E-state index is 13.6. The molecule has 0 fully saturated rings. The van der Waals surface area contributed by atoms with Gasteiger partial charge < -0.3 is 9.84 Å². The third-order valence-corrected chi connectivity index (χ3v) is 4.04. The van der Waals surface area contributed by atoms with Crippen molar-refractivity contribution in [2.75, 3.05) is 13.2 Å². The molecule has 0 aliphatic carbocycles. The summed E-state index contributed by atoms with van der Waals surface area (Å²) in [5.41, 5.74) is -0.0262. The average Bonchev–Trinajstić information content (AvgIpc) is 2.38. The lowest BCUT2D eigenvalue weighted by atomic mass is 10.2. The Morgan fingerprint density at radius 2 is 2.05 bits per heavy atom. The van der Waals surface area contributed by atoms with Crippen LogP contribution in [0.1, 0.15) is 19.4 Å². The molecule has 8 heteroatoms. The second-order valence-corrected chi connectivity index (χ2v) is 5.91. The lowest BCUT2D eigenvalue weighted by Crippen LogP contribution is -2.36. The Kier molecular flexibility index (Phi) is 6.00. The molecule has 1 aromatic rings. The van der Waals surface area contributed by atoms with Crippen molar-refractivity contribution in [2.24, 2.45) is 0 Å². The molecule has 1 atom stereocenters. The zero-order valence-electron chi connectivity index (χ0n) is 11.2. The van der Waals surface area contributed by atoms with Crippen molar-refractivity contribution in [1.29, 1.82) is 0 Å². The van der Waals surface area contributed by atoms with Crippen LogP contribution in [0.2, 0.25) is 0 Å². The van der Waals surface area contributed by atoms with Gasteiger partial charge in [0, 0.05) is 12.6 Å². The predicted octanol–water partition coefficient (Wildman–Crippen LogP) is 1.16. The first-order valence-corrected chi connectivity index (χ1v) is 7.49. The van der Waals surface area contributed by atoms with E-state index >= 15 is 0 Å². The van der Waals surface area contributed by atoms with Crippen molar-refractivity contribution in [3.8, 4) is 0 Å². The highest BCUT2D eigenvalue weighted by Crippen LogP contribution is 2.20. The number of benzene rings is 1. The summed E-state index contributed by atoms with van der Waals surface area (Å²) >= 11 is 0. The monoisotopic (exact) mass is 309 g/mol. The minimum atomic E-state index is -4.23. The molecule has 0 radical (unpaired) electrons. The Balaban J connectivity index is 3.06. The van der Waals surface area contributed by atoms with Crippen molar-refractivity contribution < 1.29 is 27.0 Å². The van der Waals surface area contributed by atoms with Gasteiger partial charge in [0.2, 0.25) is 10.0 Å². The van der Waals surface area contributed by atoms with E-state index in [4.69, 9.17) is 9.84 Å². The van der Waals surface area contributed by atoms with E-state index in [0.717, 1.165) is 12.1 Å². The fourth-order valence-electron chi connectivity index (χ4n) is 1.56. The molecule has 1 unspecified atom stereocenters. The topological polar surface area (TPSA) is 75.6 Å². The molecule has 2 N–H and O–H groups in total. The van der Waals surface area contributed by atoms with E-state index in [-0.39, 0.29) is 12.2 Å². The minimum absolute atomic E-state index is 0.0262. The maximum Gasteiger partial charge on any atom is 0.243 e. The van der Waals surface area contributed by atoms with E-state index in [0.29, 0.717) is 6.61 Å². The van der Waals surface area contributed by atoms with Crippen LogP contribution in [-0.4, -0.2) is 32.8 Å². The fraction of sp³-hybridized carbons (Fsp3) is 0.500. The van der Waals surface area contributed by atoms with Gasteiger partial charge in [0.25, 0.3) is 0 Å². The molecule has 1 aromatic carbocycles. The van der Waals surface area contributed by atoms with Gasteiger partial charge in [-0.3, -0.25) is 0 Å². The van der Waals surface area contributed by atoms with Gasteiger partial charge in [-0.15, -0.1) is 0 Å². The van der Waals surface area contributed by atoms with E-state index in [1.54, 1.807) is 6.92 Å². The van der Waals surface area contributed by atoms with Crippen molar-refractivity contribution in [2.45, 2.75) is 31.4 Å². The van der Waals surface area contributed by atoms with Gasteiger partial charge in [-0.05, 0) is 31.5 Å². The molecule has 0 aromatic heterocycles. The van der Waals surface area contributed by atoms with Crippen LogP contribution in [0.5, 0.6) is 0 Å². The molecule has 114 valence electrons. The summed E-state index contributed by atoms with van der Waals surface area (Å²) in [6, 6.07) is 1.05. The van der Waals surface area contributed by atoms with Gasteiger partial charge in [-0.2, -0.15) is 0 Å². The number of nitrogens with one attached hydrogen (secondary N) is 1. The number of aliphatic hydroxyl groups excluding tert-OH is 1. The number of hydrogen-bond acceptors (Lipinski definition) is 4. The number of sulfonamides is 1. The van der Waals surface area contributed by atoms with Crippen molar-refractivity contribution in [3.63, 3.8) is 0 Å². The number of aliphatic hydroxyl groups is 1. The molecule has 0 saturated heterocycles. The first kappa shape index (κ1) is 17.0. The van der Waals surface area contributed by atoms with Crippen molar-refractivity contribution in [1.82, 2.24) is 4.72 Å². The minimum Gasteiger partial charge on any atom is -0.392 e. The molecule has 0 aliphatic rings. The third kappa shape index (κ3) is 4.20. The predicted molar refractivity (Wildman–Crippen MR) is 68.6 cm³/mol. The quantitative estimate of drug-likeness (QED) is 0.792. The smallest absolute Gasteiger partial charge is 0.243 e. The zero-order valence-corrected chi connectivity index (χ0v) is 12.0. The largest absolute Gasteiger partial charge is 0.392 e. The number of ether oxygens (including phenoxy) is 1. The number of halogens is 2. The number of rotatable bonds is 7. The molecule has 0 heterocycles. The normalized spacial score (nSPS) is 13.4. The Labute approximate surface area is 116 Å².